The SMILES string of the molecule is O=C(O)c1c(Cl)ccc2nc(C3=CCCCC3)ccc12. The van der Waals surface area contributed by atoms with Gasteiger partial charge in [0.25, 0.3) is 0 Å². The van der Waals surface area contributed by atoms with Crippen molar-refractivity contribution in [3.63, 3.8) is 0 Å². The van der Waals surface area contributed by atoms with Crippen molar-refractivity contribution >= 4 is 34.0 Å². The van der Waals surface area contributed by atoms with Crippen molar-refractivity contribution in [2.45, 2.75) is 25.7 Å². The molecule has 2 aromatic rings. The molecule has 0 bridgehead atoms. The fourth-order valence-corrected chi connectivity index (χ4v) is 2.89. The average molecular weight is 288 g/mol. The van der Waals surface area contributed by atoms with Crippen LogP contribution >= 0.6 is 11.6 Å². The van der Waals surface area contributed by atoms with Crippen LogP contribution in [0.1, 0.15) is 41.7 Å². The third-order valence-corrected chi connectivity index (χ3v) is 3.97. The molecule has 0 aliphatic heterocycles. The van der Waals surface area contributed by atoms with E-state index in [0.717, 1.165) is 18.5 Å². The molecule has 0 spiro atoms. The van der Waals surface area contributed by atoms with Crippen LogP contribution in [0.15, 0.2) is 30.3 Å². The number of carboxylic acids is 1. The van der Waals surface area contributed by atoms with E-state index in [9.17, 15) is 9.90 Å². The Hall–Kier alpha value is -1.87. The molecule has 20 heavy (non-hydrogen) atoms. The number of aromatic nitrogens is 1. The van der Waals surface area contributed by atoms with Crippen LogP contribution in [-0.4, -0.2) is 16.1 Å². The highest BCUT2D eigenvalue weighted by Crippen LogP contribution is 2.29. The zero-order valence-corrected chi connectivity index (χ0v) is 11.7. The molecular formula is C16H14ClNO2. The van der Waals surface area contributed by atoms with Gasteiger partial charge in [-0.25, -0.2) is 9.78 Å². The van der Waals surface area contributed by atoms with Gasteiger partial charge in [0.15, 0.2) is 0 Å². The van der Waals surface area contributed by atoms with E-state index >= 15 is 0 Å². The largest absolute Gasteiger partial charge is 0.478 e. The molecular weight excluding hydrogens is 274 g/mol. The molecule has 1 aromatic heterocycles. The van der Waals surface area contributed by atoms with E-state index in [2.05, 4.69) is 11.1 Å². The van der Waals surface area contributed by atoms with Gasteiger partial charge in [0, 0.05) is 5.39 Å². The van der Waals surface area contributed by atoms with Gasteiger partial charge >= 0.3 is 5.97 Å². The van der Waals surface area contributed by atoms with E-state index < -0.39 is 5.97 Å². The summed E-state index contributed by atoms with van der Waals surface area (Å²) in [5, 5.41) is 10.1. The Bertz CT molecular complexity index is 722. The highest BCUT2D eigenvalue weighted by Gasteiger charge is 2.15. The number of hydrogen-bond donors (Lipinski definition) is 1. The smallest absolute Gasteiger partial charge is 0.337 e. The fourth-order valence-electron chi connectivity index (χ4n) is 2.64. The van der Waals surface area contributed by atoms with Gasteiger partial charge in [0.1, 0.15) is 0 Å². The van der Waals surface area contributed by atoms with Crippen molar-refractivity contribution in [2.24, 2.45) is 0 Å². The summed E-state index contributed by atoms with van der Waals surface area (Å²) in [6, 6.07) is 7.07. The summed E-state index contributed by atoms with van der Waals surface area (Å²) in [5.41, 5.74) is 3.00. The van der Waals surface area contributed by atoms with Gasteiger partial charge in [0.05, 0.1) is 21.8 Å². The van der Waals surface area contributed by atoms with Crippen molar-refractivity contribution in [1.82, 2.24) is 4.98 Å². The van der Waals surface area contributed by atoms with Crippen molar-refractivity contribution in [2.75, 3.05) is 0 Å². The second-order valence-corrected chi connectivity index (χ2v) is 5.37. The van der Waals surface area contributed by atoms with Crippen LogP contribution < -0.4 is 0 Å². The fraction of sp³-hybridized carbons (Fsp3) is 0.250. The molecule has 0 atom stereocenters. The summed E-state index contributed by atoms with van der Waals surface area (Å²) in [5.74, 6) is -1.02. The summed E-state index contributed by atoms with van der Waals surface area (Å²) in [4.78, 5) is 15.9. The van der Waals surface area contributed by atoms with Gasteiger partial charge in [-0.15, -0.1) is 0 Å². The Balaban J connectivity index is 2.15. The second-order valence-electron chi connectivity index (χ2n) is 4.97. The first-order chi connectivity index (χ1) is 9.66. The third kappa shape index (κ3) is 2.29. The first-order valence-corrected chi connectivity index (χ1v) is 7.06. The molecule has 0 saturated heterocycles. The number of fused-ring (bicyclic) bond motifs is 1. The van der Waals surface area contributed by atoms with E-state index in [4.69, 9.17) is 11.6 Å². The van der Waals surface area contributed by atoms with Crippen molar-refractivity contribution < 1.29 is 9.90 Å². The molecule has 1 N–H and O–H groups in total. The standard InChI is InChI=1S/C16H14ClNO2/c17-12-7-9-14-11(15(12)16(19)20)6-8-13(18-14)10-4-2-1-3-5-10/h4,6-9H,1-3,5H2,(H,19,20). The van der Waals surface area contributed by atoms with Crippen molar-refractivity contribution in [1.29, 1.82) is 0 Å². The number of pyridine rings is 1. The minimum atomic E-state index is -1.02. The average Bonchev–Trinajstić information content (AvgIpc) is 2.47. The van der Waals surface area contributed by atoms with Gasteiger partial charge in [-0.2, -0.15) is 0 Å². The number of rotatable bonds is 2. The van der Waals surface area contributed by atoms with E-state index in [0.29, 0.717) is 10.9 Å². The Labute approximate surface area is 121 Å². The summed E-state index contributed by atoms with van der Waals surface area (Å²) >= 11 is 5.97. The predicted molar refractivity (Wildman–Crippen MR) is 80.2 cm³/mol. The molecule has 1 aliphatic carbocycles. The lowest BCUT2D eigenvalue weighted by Crippen LogP contribution is -2.01. The highest BCUT2D eigenvalue weighted by molar-refractivity contribution is 6.35. The molecule has 1 aromatic carbocycles. The van der Waals surface area contributed by atoms with Gasteiger partial charge in [-0.1, -0.05) is 17.7 Å². The van der Waals surface area contributed by atoms with Crippen LogP contribution in [0.4, 0.5) is 0 Å². The first-order valence-electron chi connectivity index (χ1n) is 6.69. The Morgan fingerprint density at radius 1 is 1.20 bits per heavy atom. The maximum absolute atomic E-state index is 11.3. The van der Waals surface area contributed by atoms with E-state index in [1.807, 2.05) is 12.1 Å². The molecule has 0 saturated carbocycles. The van der Waals surface area contributed by atoms with Crippen LogP contribution in [0.2, 0.25) is 5.02 Å². The van der Waals surface area contributed by atoms with Gasteiger partial charge in [0.2, 0.25) is 0 Å². The van der Waals surface area contributed by atoms with Gasteiger partial charge in [-0.3, -0.25) is 0 Å². The summed E-state index contributed by atoms with van der Waals surface area (Å²) < 4.78 is 0. The monoisotopic (exact) mass is 287 g/mol. The third-order valence-electron chi connectivity index (χ3n) is 3.65. The zero-order chi connectivity index (χ0) is 14.1. The lowest BCUT2D eigenvalue weighted by atomic mass is 9.96. The molecule has 0 fully saturated rings. The number of carboxylic acid groups (broad SMARTS) is 1. The Morgan fingerprint density at radius 2 is 2.05 bits per heavy atom. The molecule has 3 rings (SSSR count). The minimum Gasteiger partial charge on any atom is -0.478 e. The number of benzene rings is 1. The summed E-state index contributed by atoms with van der Waals surface area (Å²) in [6.45, 7) is 0. The number of aromatic carboxylic acids is 1. The summed E-state index contributed by atoms with van der Waals surface area (Å²) in [7, 11) is 0. The Morgan fingerprint density at radius 3 is 2.75 bits per heavy atom. The number of allylic oxidation sites excluding steroid dienone is 2. The van der Waals surface area contributed by atoms with Gasteiger partial charge < -0.3 is 5.11 Å². The maximum atomic E-state index is 11.3. The second kappa shape index (κ2) is 5.25. The normalized spacial score (nSPS) is 15.2. The molecule has 0 unspecified atom stereocenters. The lowest BCUT2D eigenvalue weighted by molar-refractivity contribution is 0.0699. The number of halogens is 1. The van der Waals surface area contributed by atoms with E-state index in [-0.39, 0.29) is 10.6 Å². The number of hydrogen-bond acceptors (Lipinski definition) is 2. The summed E-state index contributed by atoms with van der Waals surface area (Å²) in [6.07, 6.45) is 6.78. The molecule has 0 amide bonds. The lowest BCUT2D eigenvalue weighted by Gasteiger charge is -2.13. The maximum Gasteiger partial charge on any atom is 0.337 e. The van der Waals surface area contributed by atoms with Crippen LogP contribution in [0.5, 0.6) is 0 Å². The predicted octanol–water partition coefficient (Wildman–Crippen LogP) is 4.54. The van der Waals surface area contributed by atoms with Crippen LogP contribution in [0.3, 0.4) is 0 Å². The van der Waals surface area contributed by atoms with Crippen molar-refractivity contribution in [3.8, 4) is 0 Å². The molecule has 3 nitrogen and oxygen atoms in total. The van der Waals surface area contributed by atoms with Crippen molar-refractivity contribution in [3.05, 3.63) is 46.6 Å². The van der Waals surface area contributed by atoms with Gasteiger partial charge in [-0.05, 0) is 55.5 Å². The molecule has 1 aliphatic rings. The number of carbonyl (C=O) groups is 1. The van der Waals surface area contributed by atoms with Crippen LogP contribution in [0.25, 0.3) is 16.5 Å². The number of nitrogens with zero attached hydrogens (tertiary/aromatic N) is 1. The minimum absolute atomic E-state index is 0.126. The Kier molecular flexibility index (Phi) is 3.45. The quantitative estimate of drug-likeness (QED) is 0.882. The molecule has 0 radical (unpaired) electrons. The van der Waals surface area contributed by atoms with E-state index in [1.54, 1.807) is 12.1 Å². The zero-order valence-electron chi connectivity index (χ0n) is 10.9. The molecule has 102 valence electrons. The van der Waals surface area contributed by atoms with E-state index in [1.165, 1.54) is 18.4 Å². The van der Waals surface area contributed by atoms with Crippen LogP contribution in [-0.2, 0) is 0 Å². The first kappa shape index (κ1) is 13.1. The van der Waals surface area contributed by atoms with Crippen LogP contribution in [0, 0.1) is 0 Å². The highest BCUT2D eigenvalue weighted by atomic mass is 35.5. The molecule has 1 heterocycles. The topological polar surface area (TPSA) is 50.2 Å². The molecule has 4 heteroatoms.